The first kappa shape index (κ1) is 12.4. The van der Waals surface area contributed by atoms with Crippen molar-refractivity contribution in [1.82, 2.24) is 19.5 Å². The summed E-state index contributed by atoms with van der Waals surface area (Å²) in [6, 6.07) is 1.57. The summed E-state index contributed by atoms with van der Waals surface area (Å²) in [5.41, 5.74) is 2.31. The molecule has 0 radical (unpaired) electrons. The predicted molar refractivity (Wildman–Crippen MR) is 74.6 cm³/mol. The van der Waals surface area contributed by atoms with Crippen molar-refractivity contribution in [3.63, 3.8) is 0 Å². The topological polar surface area (TPSA) is 70.7 Å². The lowest BCUT2D eigenvalue weighted by molar-refractivity contribution is 0.123. The number of rotatable bonds is 2. The van der Waals surface area contributed by atoms with Crippen LogP contribution in [-0.4, -0.2) is 43.8 Å². The van der Waals surface area contributed by atoms with Crippen LogP contribution in [0.4, 0.5) is 0 Å². The van der Waals surface area contributed by atoms with Crippen molar-refractivity contribution < 1.29 is 5.11 Å². The molecule has 1 aliphatic heterocycles. The van der Waals surface area contributed by atoms with E-state index in [2.05, 4.69) is 15.0 Å². The van der Waals surface area contributed by atoms with Crippen molar-refractivity contribution in [2.24, 2.45) is 11.8 Å². The lowest BCUT2D eigenvalue weighted by Crippen LogP contribution is -2.26. The fourth-order valence-electron chi connectivity index (χ4n) is 3.57. The number of aliphatic hydroxyl groups is 1. The van der Waals surface area contributed by atoms with E-state index in [1.165, 1.54) is 15.9 Å². The fraction of sp³-hybridized carbons (Fsp3) is 0.615. The van der Waals surface area contributed by atoms with Crippen molar-refractivity contribution in [2.75, 3.05) is 13.1 Å². The molecule has 1 N–H and O–H groups in total. The average molecular weight is 292 g/mol. The van der Waals surface area contributed by atoms with Crippen LogP contribution in [0.5, 0.6) is 0 Å². The molecule has 3 heterocycles. The van der Waals surface area contributed by atoms with Crippen LogP contribution in [0, 0.1) is 11.8 Å². The molecule has 4 rings (SSSR count). The van der Waals surface area contributed by atoms with E-state index < -0.39 is 0 Å². The zero-order valence-electron chi connectivity index (χ0n) is 11.0. The summed E-state index contributed by atoms with van der Waals surface area (Å²) in [7, 11) is 0. The van der Waals surface area contributed by atoms with Crippen LogP contribution < -0.4 is 5.56 Å². The summed E-state index contributed by atoms with van der Waals surface area (Å²) in [5, 5.41) is 13.9. The van der Waals surface area contributed by atoms with E-state index in [4.69, 9.17) is 0 Å². The van der Waals surface area contributed by atoms with Crippen molar-refractivity contribution in [3.05, 3.63) is 27.6 Å². The maximum absolute atomic E-state index is 11.9. The molecule has 2 aromatic heterocycles. The van der Waals surface area contributed by atoms with Gasteiger partial charge in [0.25, 0.3) is 5.56 Å². The summed E-state index contributed by atoms with van der Waals surface area (Å²) in [4.78, 5) is 19.3. The van der Waals surface area contributed by atoms with Crippen LogP contribution in [0.3, 0.4) is 0 Å². The van der Waals surface area contributed by atoms with E-state index >= 15 is 0 Å². The number of aromatic nitrogens is 3. The van der Waals surface area contributed by atoms with E-state index in [0.29, 0.717) is 23.3 Å². The molecule has 2 aromatic rings. The molecule has 0 amide bonds. The number of fused-ring (bicyclic) bond motifs is 2. The molecule has 2 fully saturated rings. The highest BCUT2D eigenvalue weighted by molar-refractivity contribution is 7.14. The average Bonchev–Trinajstić information content (AvgIpc) is 3.08. The molecule has 106 valence electrons. The molecular formula is C13H16N4O2S. The van der Waals surface area contributed by atoms with Crippen molar-refractivity contribution in [2.45, 2.75) is 25.5 Å². The molecule has 7 heteroatoms. The van der Waals surface area contributed by atoms with Crippen LogP contribution in [0.25, 0.3) is 4.96 Å². The lowest BCUT2D eigenvalue weighted by atomic mass is 10.00. The first-order valence-electron chi connectivity index (χ1n) is 6.93. The molecule has 1 saturated heterocycles. The van der Waals surface area contributed by atoms with Crippen molar-refractivity contribution >= 4 is 16.3 Å². The Labute approximate surface area is 119 Å². The second-order valence-corrected chi connectivity index (χ2v) is 6.59. The Balaban J connectivity index is 1.55. The maximum Gasteiger partial charge on any atom is 0.275 e. The Morgan fingerprint density at radius 2 is 2.30 bits per heavy atom. The smallest absolute Gasteiger partial charge is 0.275 e. The minimum absolute atomic E-state index is 0.120. The van der Waals surface area contributed by atoms with Gasteiger partial charge in [-0.25, -0.2) is 4.98 Å². The molecule has 1 aliphatic carbocycles. The zero-order valence-corrected chi connectivity index (χ0v) is 11.8. The Morgan fingerprint density at radius 1 is 1.40 bits per heavy atom. The molecule has 20 heavy (non-hydrogen) atoms. The predicted octanol–water partition coefficient (Wildman–Crippen LogP) is 0.354. The molecule has 3 atom stereocenters. The summed E-state index contributed by atoms with van der Waals surface area (Å²) in [6.45, 7) is 2.60. The van der Waals surface area contributed by atoms with E-state index in [1.54, 1.807) is 11.6 Å². The molecule has 0 spiro atoms. The number of hydrogen-bond acceptors (Lipinski definition) is 6. The van der Waals surface area contributed by atoms with Crippen LogP contribution in [0.1, 0.15) is 18.5 Å². The van der Waals surface area contributed by atoms with Gasteiger partial charge < -0.3 is 5.11 Å². The molecule has 0 bridgehead atoms. The van der Waals surface area contributed by atoms with E-state index in [0.717, 1.165) is 31.6 Å². The van der Waals surface area contributed by atoms with Gasteiger partial charge in [0.2, 0.25) is 4.96 Å². The maximum atomic E-state index is 11.9. The van der Waals surface area contributed by atoms with Gasteiger partial charge in [0, 0.05) is 31.6 Å². The molecule has 6 nitrogen and oxygen atoms in total. The highest BCUT2D eigenvalue weighted by atomic mass is 32.1. The molecule has 0 aromatic carbocycles. The fourth-order valence-corrected chi connectivity index (χ4v) is 4.21. The number of hydrogen-bond donors (Lipinski definition) is 1. The van der Waals surface area contributed by atoms with Crippen molar-refractivity contribution in [1.29, 1.82) is 0 Å². The highest BCUT2D eigenvalue weighted by Gasteiger charge is 2.41. The molecule has 2 aliphatic rings. The third kappa shape index (κ3) is 1.97. The van der Waals surface area contributed by atoms with Gasteiger partial charge in [-0.1, -0.05) is 11.3 Å². The summed E-state index contributed by atoms with van der Waals surface area (Å²) < 4.78 is 1.33. The number of aliphatic hydroxyl groups excluding tert-OH is 1. The Bertz CT molecular complexity index is 697. The summed E-state index contributed by atoms with van der Waals surface area (Å²) >= 11 is 1.37. The van der Waals surface area contributed by atoms with Gasteiger partial charge in [-0.3, -0.25) is 9.69 Å². The molecular weight excluding hydrogens is 276 g/mol. The highest BCUT2D eigenvalue weighted by Crippen LogP contribution is 2.38. The van der Waals surface area contributed by atoms with E-state index in [-0.39, 0.29) is 11.7 Å². The minimum atomic E-state index is -0.146. The summed E-state index contributed by atoms with van der Waals surface area (Å²) in [6.07, 6.45) is 1.91. The SMILES string of the molecule is O=c1cc(CN2CC3CCC(O)C3C2)nc2scnn12. The van der Waals surface area contributed by atoms with E-state index in [1.807, 2.05) is 0 Å². The van der Waals surface area contributed by atoms with Crippen LogP contribution in [0.2, 0.25) is 0 Å². The second kappa shape index (κ2) is 4.61. The zero-order chi connectivity index (χ0) is 13.7. The third-order valence-corrected chi connectivity index (χ3v) is 5.20. The molecule has 1 saturated carbocycles. The summed E-state index contributed by atoms with van der Waals surface area (Å²) in [5.74, 6) is 1.02. The minimum Gasteiger partial charge on any atom is -0.393 e. The van der Waals surface area contributed by atoms with E-state index in [9.17, 15) is 9.90 Å². The monoisotopic (exact) mass is 292 g/mol. The van der Waals surface area contributed by atoms with Gasteiger partial charge >= 0.3 is 0 Å². The number of likely N-dealkylation sites (tertiary alicyclic amines) is 1. The van der Waals surface area contributed by atoms with Crippen LogP contribution in [0.15, 0.2) is 16.4 Å². The number of nitrogens with zero attached hydrogens (tertiary/aromatic N) is 4. The largest absolute Gasteiger partial charge is 0.393 e. The Hall–Kier alpha value is -1.31. The normalized spacial score (nSPS) is 30.1. The van der Waals surface area contributed by atoms with Gasteiger partial charge in [-0.2, -0.15) is 9.61 Å². The van der Waals surface area contributed by atoms with Gasteiger partial charge in [-0.15, -0.1) is 0 Å². The van der Waals surface area contributed by atoms with Crippen LogP contribution in [-0.2, 0) is 6.54 Å². The van der Waals surface area contributed by atoms with Gasteiger partial charge in [0.1, 0.15) is 5.51 Å². The lowest BCUT2D eigenvalue weighted by Gasteiger charge is -2.17. The van der Waals surface area contributed by atoms with Crippen LogP contribution >= 0.6 is 11.3 Å². The van der Waals surface area contributed by atoms with Crippen molar-refractivity contribution in [3.8, 4) is 0 Å². The first-order chi connectivity index (χ1) is 9.70. The Kier molecular flexibility index (Phi) is 2.87. The second-order valence-electron chi connectivity index (χ2n) is 5.78. The van der Waals surface area contributed by atoms with Gasteiger partial charge in [0.15, 0.2) is 0 Å². The molecule has 3 unspecified atom stereocenters. The Morgan fingerprint density at radius 3 is 3.15 bits per heavy atom. The first-order valence-corrected chi connectivity index (χ1v) is 7.81. The van der Waals surface area contributed by atoms with Gasteiger partial charge in [-0.05, 0) is 18.8 Å². The standard InChI is InChI=1S/C13H16N4O2S/c18-11-2-1-8-4-16(6-10(8)11)5-9-3-12(19)17-13(15-9)20-7-14-17/h3,7-8,10-11,18H,1-2,4-6H2. The third-order valence-electron chi connectivity index (χ3n) is 4.52. The quantitative estimate of drug-likeness (QED) is 0.865. The van der Waals surface area contributed by atoms with Gasteiger partial charge in [0.05, 0.1) is 11.8 Å².